The summed E-state index contributed by atoms with van der Waals surface area (Å²) in [5.74, 6) is 0.698. The van der Waals surface area contributed by atoms with E-state index in [0.29, 0.717) is 11.3 Å². The number of hydrogen-bond acceptors (Lipinski definition) is 2. The fourth-order valence-corrected chi connectivity index (χ4v) is 4.07. The number of hydrogen-bond donors (Lipinski definition) is 1. The summed E-state index contributed by atoms with van der Waals surface area (Å²) in [6, 6.07) is 0. The van der Waals surface area contributed by atoms with Crippen molar-refractivity contribution < 1.29 is 5.11 Å². The van der Waals surface area contributed by atoms with Gasteiger partial charge in [-0.3, -0.25) is 4.68 Å². The highest BCUT2D eigenvalue weighted by atomic mass is 79.9. The summed E-state index contributed by atoms with van der Waals surface area (Å²) in [5, 5.41) is 15.5. The molecule has 1 heterocycles. The van der Waals surface area contributed by atoms with Gasteiger partial charge in [0.25, 0.3) is 0 Å². The van der Waals surface area contributed by atoms with E-state index >= 15 is 0 Å². The van der Waals surface area contributed by atoms with Gasteiger partial charge in [0.2, 0.25) is 0 Å². The van der Waals surface area contributed by atoms with Crippen molar-refractivity contribution in [1.82, 2.24) is 9.78 Å². The van der Waals surface area contributed by atoms with Crippen LogP contribution < -0.4 is 0 Å². The molecule has 1 saturated carbocycles. The van der Waals surface area contributed by atoms with Crippen LogP contribution in [0, 0.1) is 11.3 Å². The van der Waals surface area contributed by atoms with Crippen molar-refractivity contribution in [2.24, 2.45) is 11.3 Å². The van der Waals surface area contributed by atoms with Crippen molar-refractivity contribution in [2.75, 3.05) is 0 Å². The molecule has 1 aliphatic carbocycles. The molecule has 0 aliphatic heterocycles. The largest absolute Gasteiger partial charge is 0.384 e. The van der Waals surface area contributed by atoms with Crippen LogP contribution in [0.3, 0.4) is 0 Å². The SMILES string of the molecule is CCCn1ncc(Br)c1C1(O)CCC(C(C)(C)C)CC1. The summed E-state index contributed by atoms with van der Waals surface area (Å²) in [6.45, 7) is 9.92. The predicted molar refractivity (Wildman–Crippen MR) is 85.5 cm³/mol. The molecule has 2 rings (SSSR count). The Morgan fingerprint density at radius 1 is 1.40 bits per heavy atom. The number of aryl methyl sites for hydroxylation is 1. The summed E-state index contributed by atoms with van der Waals surface area (Å²) in [7, 11) is 0. The third-order valence-corrected chi connectivity index (χ3v) is 5.29. The lowest BCUT2D eigenvalue weighted by atomic mass is 9.67. The van der Waals surface area contributed by atoms with Gasteiger partial charge >= 0.3 is 0 Å². The first-order chi connectivity index (χ1) is 9.28. The molecule has 3 nitrogen and oxygen atoms in total. The molecule has 0 amide bonds. The molecule has 1 aromatic heterocycles. The van der Waals surface area contributed by atoms with Crippen LogP contribution in [-0.4, -0.2) is 14.9 Å². The standard InChI is InChI=1S/C16H27BrN2O/c1-5-10-19-14(13(17)11-18-19)16(20)8-6-12(7-9-16)15(2,3)4/h11-12,20H,5-10H2,1-4H3. The summed E-state index contributed by atoms with van der Waals surface area (Å²) in [6.07, 6.45) is 6.69. The van der Waals surface area contributed by atoms with E-state index in [9.17, 15) is 5.11 Å². The number of nitrogens with zero attached hydrogens (tertiary/aromatic N) is 2. The molecule has 0 spiro atoms. The van der Waals surface area contributed by atoms with Crippen LogP contribution in [0.1, 0.15) is 65.5 Å². The third-order valence-electron chi connectivity index (χ3n) is 4.71. The maximum Gasteiger partial charge on any atom is 0.107 e. The smallest absolute Gasteiger partial charge is 0.107 e. The first-order valence-electron chi connectivity index (χ1n) is 7.72. The zero-order valence-electron chi connectivity index (χ0n) is 13.1. The van der Waals surface area contributed by atoms with Crippen LogP contribution in [-0.2, 0) is 12.1 Å². The van der Waals surface area contributed by atoms with Gasteiger partial charge in [-0.1, -0.05) is 27.7 Å². The van der Waals surface area contributed by atoms with Gasteiger partial charge < -0.3 is 5.11 Å². The monoisotopic (exact) mass is 342 g/mol. The molecular weight excluding hydrogens is 316 g/mol. The molecule has 1 fully saturated rings. The molecule has 0 unspecified atom stereocenters. The van der Waals surface area contributed by atoms with Crippen LogP contribution in [0.15, 0.2) is 10.7 Å². The third kappa shape index (κ3) is 3.11. The second-order valence-electron chi connectivity index (χ2n) is 7.24. The van der Waals surface area contributed by atoms with E-state index in [2.05, 4.69) is 48.7 Å². The van der Waals surface area contributed by atoms with Gasteiger partial charge in [0, 0.05) is 6.54 Å². The summed E-state index contributed by atoms with van der Waals surface area (Å²) >= 11 is 3.57. The second kappa shape index (κ2) is 5.80. The summed E-state index contributed by atoms with van der Waals surface area (Å²) < 4.78 is 2.92. The Morgan fingerprint density at radius 3 is 2.50 bits per heavy atom. The minimum absolute atomic E-state index is 0.336. The average molecular weight is 343 g/mol. The molecule has 0 atom stereocenters. The van der Waals surface area contributed by atoms with Crippen LogP contribution in [0.2, 0.25) is 0 Å². The van der Waals surface area contributed by atoms with E-state index < -0.39 is 5.60 Å². The molecule has 1 aliphatic rings. The molecule has 114 valence electrons. The maximum atomic E-state index is 11.1. The van der Waals surface area contributed by atoms with Crippen molar-refractivity contribution in [3.8, 4) is 0 Å². The maximum absolute atomic E-state index is 11.1. The number of aliphatic hydroxyl groups is 1. The van der Waals surface area contributed by atoms with E-state index in [4.69, 9.17) is 0 Å². The summed E-state index contributed by atoms with van der Waals surface area (Å²) in [4.78, 5) is 0. The van der Waals surface area contributed by atoms with Crippen LogP contribution in [0.25, 0.3) is 0 Å². The van der Waals surface area contributed by atoms with Gasteiger partial charge in [-0.25, -0.2) is 0 Å². The molecule has 4 heteroatoms. The minimum atomic E-state index is -0.716. The van der Waals surface area contributed by atoms with Crippen LogP contribution in [0.5, 0.6) is 0 Å². The van der Waals surface area contributed by atoms with E-state index in [1.165, 1.54) is 0 Å². The lowest BCUT2D eigenvalue weighted by molar-refractivity contribution is -0.0369. The normalized spacial score (nSPS) is 27.8. The van der Waals surface area contributed by atoms with Crippen molar-refractivity contribution in [2.45, 2.75) is 71.9 Å². The molecule has 0 bridgehead atoms. The number of halogens is 1. The highest BCUT2D eigenvalue weighted by Crippen LogP contribution is 2.46. The second-order valence-corrected chi connectivity index (χ2v) is 8.09. The molecular formula is C16H27BrN2O. The highest BCUT2D eigenvalue weighted by molar-refractivity contribution is 9.10. The first-order valence-corrected chi connectivity index (χ1v) is 8.51. The van der Waals surface area contributed by atoms with Crippen molar-refractivity contribution in [1.29, 1.82) is 0 Å². The number of rotatable bonds is 3. The predicted octanol–water partition coefficient (Wildman–Crippen LogP) is 4.48. The highest BCUT2D eigenvalue weighted by Gasteiger charge is 2.41. The molecule has 1 N–H and O–H groups in total. The Balaban J connectivity index is 2.19. The Hall–Kier alpha value is -0.350. The van der Waals surface area contributed by atoms with Gasteiger partial charge in [-0.2, -0.15) is 5.10 Å². The zero-order valence-corrected chi connectivity index (χ0v) is 14.7. The van der Waals surface area contributed by atoms with E-state index in [0.717, 1.165) is 48.8 Å². The van der Waals surface area contributed by atoms with Crippen molar-refractivity contribution >= 4 is 15.9 Å². The minimum Gasteiger partial charge on any atom is -0.384 e. The number of aromatic nitrogens is 2. The Labute approximate surface area is 130 Å². The lowest BCUT2D eigenvalue weighted by Crippen LogP contribution is -2.37. The molecule has 20 heavy (non-hydrogen) atoms. The van der Waals surface area contributed by atoms with Gasteiger partial charge in [-0.15, -0.1) is 0 Å². The average Bonchev–Trinajstić information content (AvgIpc) is 2.71. The van der Waals surface area contributed by atoms with Gasteiger partial charge in [-0.05, 0) is 59.4 Å². The lowest BCUT2D eigenvalue weighted by Gasteiger charge is -2.41. The van der Waals surface area contributed by atoms with Crippen molar-refractivity contribution in [3.63, 3.8) is 0 Å². The van der Waals surface area contributed by atoms with Crippen LogP contribution in [0.4, 0.5) is 0 Å². The van der Waals surface area contributed by atoms with Gasteiger partial charge in [0.1, 0.15) is 5.60 Å². The molecule has 0 saturated heterocycles. The Kier molecular flexibility index (Phi) is 4.65. The molecule has 0 radical (unpaired) electrons. The van der Waals surface area contributed by atoms with Gasteiger partial charge in [0.05, 0.1) is 16.4 Å². The van der Waals surface area contributed by atoms with E-state index in [1.807, 2.05) is 10.9 Å². The first kappa shape index (κ1) is 16.0. The Bertz CT molecular complexity index is 454. The molecule has 1 aromatic rings. The van der Waals surface area contributed by atoms with E-state index in [1.54, 1.807) is 0 Å². The summed E-state index contributed by atoms with van der Waals surface area (Å²) in [5.41, 5.74) is 0.598. The van der Waals surface area contributed by atoms with Gasteiger partial charge in [0.15, 0.2) is 0 Å². The zero-order chi connectivity index (χ0) is 15.0. The quantitative estimate of drug-likeness (QED) is 0.879. The van der Waals surface area contributed by atoms with E-state index in [-0.39, 0.29) is 0 Å². The Morgan fingerprint density at radius 2 is 2.00 bits per heavy atom. The van der Waals surface area contributed by atoms with Crippen molar-refractivity contribution in [3.05, 3.63) is 16.4 Å². The fraction of sp³-hybridized carbons (Fsp3) is 0.812. The molecule has 0 aromatic carbocycles. The topological polar surface area (TPSA) is 38.0 Å². The van der Waals surface area contributed by atoms with Crippen LogP contribution >= 0.6 is 15.9 Å². The fourth-order valence-electron chi connectivity index (χ4n) is 3.40.